The molecule has 7 heteroatoms. The number of benzene rings is 2. The van der Waals surface area contributed by atoms with E-state index >= 15 is 0 Å². The second kappa shape index (κ2) is 9.87. The van der Waals surface area contributed by atoms with Crippen LogP contribution in [0.15, 0.2) is 48.5 Å². The average Bonchev–Trinajstić information content (AvgIpc) is 3.12. The lowest BCUT2D eigenvalue weighted by Crippen LogP contribution is -2.55. The molecule has 0 aliphatic heterocycles. The first-order valence-electron chi connectivity index (χ1n) is 11.6. The Morgan fingerprint density at radius 1 is 0.971 bits per heavy atom. The molecule has 1 unspecified atom stereocenters. The Morgan fingerprint density at radius 3 is 1.97 bits per heavy atom. The van der Waals surface area contributed by atoms with Crippen LogP contribution in [0.3, 0.4) is 0 Å². The fourth-order valence-electron chi connectivity index (χ4n) is 4.24. The molecule has 0 spiro atoms. The van der Waals surface area contributed by atoms with Crippen molar-refractivity contribution >= 4 is 18.0 Å². The summed E-state index contributed by atoms with van der Waals surface area (Å²) >= 11 is 0. The van der Waals surface area contributed by atoms with Gasteiger partial charge in [0.15, 0.2) is 0 Å². The van der Waals surface area contributed by atoms with Gasteiger partial charge in [0, 0.05) is 12.5 Å². The number of aliphatic carboxylic acids is 1. The van der Waals surface area contributed by atoms with Crippen molar-refractivity contribution < 1.29 is 24.2 Å². The maximum absolute atomic E-state index is 12.9. The first-order valence-corrected chi connectivity index (χ1v) is 11.6. The number of carbonyl (C=O) groups is 3. The molecule has 0 aromatic heterocycles. The molecule has 2 atom stereocenters. The van der Waals surface area contributed by atoms with Crippen molar-refractivity contribution in [2.24, 2.45) is 10.8 Å². The molecule has 0 heterocycles. The van der Waals surface area contributed by atoms with E-state index in [2.05, 4.69) is 22.8 Å². The van der Waals surface area contributed by atoms with Crippen LogP contribution in [0.25, 0.3) is 11.1 Å². The van der Waals surface area contributed by atoms with E-state index in [1.54, 1.807) is 27.7 Å². The smallest absolute Gasteiger partial charge is 0.407 e. The number of fused-ring (bicyclic) bond motifs is 3. The minimum Gasteiger partial charge on any atom is -0.480 e. The zero-order chi connectivity index (χ0) is 25.1. The summed E-state index contributed by atoms with van der Waals surface area (Å²) in [7, 11) is 0. The van der Waals surface area contributed by atoms with Crippen LogP contribution < -0.4 is 10.6 Å². The quantitative estimate of drug-likeness (QED) is 0.529. The first kappa shape index (κ1) is 25.3. The zero-order valence-electron chi connectivity index (χ0n) is 20.5. The van der Waals surface area contributed by atoms with E-state index in [0.717, 1.165) is 22.3 Å². The zero-order valence-corrected chi connectivity index (χ0v) is 20.5. The van der Waals surface area contributed by atoms with Gasteiger partial charge in [0.2, 0.25) is 5.91 Å². The maximum Gasteiger partial charge on any atom is 0.407 e. The monoisotopic (exact) mass is 466 g/mol. The lowest BCUT2D eigenvalue weighted by molar-refractivity contribution is -0.146. The highest BCUT2D eigenvalue weighted by molar-refractivity contribution is 5.88. The van der Waals surface area contributed by atoms with Gasteiger partial charge >= 0.3 is 12.1 Å². The second-order valence-electron chi connectivity index (χ2n) is 10.2. The highest BCUT2D eigenvalue weighted by atomic mass is 16.5. The van der Waals surface area contributed by atoms with Gasteiger partial charge in [-0.2, -0.15) is 0 Å². The Bertz CT molecular complexity index is 1030. The molecule has 0 saturated heterocycles. The van der Waals surface area contributed by atoms with Crippen molar-refractivity contribution in [1.82, 2.24) is 10.6 Å². The van der Waals surface area contributed by atoms with Crippen LogP contribution in [-0.2, 0) is 14.3 Å². The van der Waals surface area contributed by atoms with E-state index in [1.807, 2.05) is 43.3 Å². The number of alkyl carbamates (subject to hydrolysis) is 1. The molecule has 182 valence electrons. The molecule has 0 saturated carbocycles. The number of amides is 2. The van der Waals surface area contributed by atoms with Gasteiger partial charge in [-0.25, -0.2) is 9.59 Å². The summed E-state index contributed by atoms with van der Waals surface area (Å²) in [6.45, 7) is 9.00. The Hall–Kier alpha value is -3.35. The fraction of sp³-hybridized carbons (Fsp3) is 0.444. The molecule has 0 fully saturated rings. The van der Waals surface area contributed by atoms with Gasteiger partial charge in [0.1, 0.15) is 12.6 Å². The van der Waals surface area contributed by atoms with Crippen LogP contribution in [-0.4, -0.2) is 42.3 Å². The maximum atomic E-state index is 12.9. The molecule has 3 N–H and O–H groups in total. The van der Waals surface area contributed by atoms with E-state index in [0.29, 0.717) is 6.42 Å². The number of ether oxygens (including phenoxy) is 1. The average molecular weight is 467 g/mol. The third-order valence-electron chi connectivity index (χ3n) is 6.68. The minimum absolute atomic E-state index is 0.0302. The summed E-state index contributed by atoms with van der Waals surface area (Å²) in [5, 5.41) is 14.9. The molecule has 34 heavy (non-hydrogen) atoms. The third kappa shape index (κ3) is 5.24. The summed E-state index contributed by atoms with van der Waals surface area (Å²) in [5.74, 6) is -1.57. The van der Waals surface area contributed by atoms with Crippen LogP contribution >= 0.6 is 0 Å². The van der Waals surface area contributed by atoms with Gasteiger partial charge in [0.25, 0.3) is 0 Å². The summed E-state index contributed by atoms with van der Waals surface area (Å²) in [6, 6.07) is 15.1. The van der Waals surface area contributed by atoms with Crippen molar-refractivity contribution in [3.63, 3.8) is 0 Å². The standard InChI is InChI=1S/C27H34N2O5/c1-6-27(5,24(32)29-22(23(30)31)26(2,3)4)16-28-25(33)34-15-21-19-13-9-7-11-17(19)18-12-8-10-14-20(18)21/h7-14,21-22H,6,15-16H2,1-5H3,(H,28,33)(H,29,32)(H,30,31)/t22-,27?/m1/s1. The molecular weight excluding hydrogens is 432 g/mol. The molecule has 0 bridgehead atoms. The lowest BCUT2D eigenvalue weighted by Gasteiger charge is -2.33. The van der Waals surface area contributed by atoms with Gasteiger partial charge in [-0.1, -0.05) is 76.2 Å². The van der Waals surface area contributed by atoms with Crippen LogP contribution in [0.2, 0.25) is 0 Å². The van der Waals surface area contributed by atoms with Crippen LogP contribution in [0.5, 0.6) is 0 Å². The molecular formula is C27H34N2O5. The van der Waals surface area contributed by atoms with E-state index in [4.69, 9.17) is 4.74 Å². The third-order valence-corrected chi connectivity index (χ3v) is 6.68. The molecule has 2 amide bonds. The van der Waals surface area contributed by atoms with Gasteiger partial charge in [-0.05, 0) is 41.0 Å². The predicted octanol–water partition coefficient (Wildman–Crippen LogP) is 4.56. The van der Waals surface area contributed by atoms with Gasteiger partial charge in [0.05, 0.1) is 5.41 Å². The van der Waals surface area contributed by atoms with E-state index in [1.165, 1.54) is 0 Å². The van der Waals surface area contributed by atoms with Gasteiger partial charge in [-0.3, -0.25) is 4.79 Å². The number of hydrogen-bond donors (Lipinski definition) is 3. The molecule has 1 aliphatic rings. The number of hydrogen-bond acceptors (Lipinski definition) is 4. The Balaban J connectivity index is 1.62. The van der Waals surface area contributed by atoms with Gasteiger partial charge < -0.3 is 20.5 Å². The van der Waals surface area contributed by atoms with Crippen molar-refractivity contribution in [3.05, 3.63) is 59.7 Å². The Labute approximate surface area is 200 Å². The number of carbonyl (C=O) groups excluding carboxylic acids is 2. The molecule has 2 aromatic carbocycles. The van der Waals surface area contributed by atoms with Crippen molar-refractivity contribution in [1.29, 1.82) is 0 Å². The van der Waals surface area contributed by atoms with Gasteiger partial charge in [-0.15, -0.1) is 0 Å². The topological polar surface area (TPSA) is 105 Å². The number of carboxylic acid groups (broad SMARTS) is 1. The fourth-order valence-corrected chi connectivity index (χ4v) is 4.24. The van der Waals surface area contributed by atoms with Crippen molar-refractivity contribution in [2.75, 3.05) is 13.2 Å². The van der Waals surface area contributed by atoms with Crippen LogP contribution in [0.1, 0.15) is 58.1 Å². The van der Waals surface area contributed by atoms with Crippen LogP contribution in [0.4, 0.5) is 4.79 Å². The number of nitrogens with one attached hydrogen (secondary N) is 2. The largest absolute Gasteiger partial charge is 0.480 e. The first-order chi connectivity index (χ1) is 16.0. The summed E-state index contributed by atoms with van der Waals surface area (Å²) in [4.78, 5) is 37.1. The molecule has 2 aromatic rings. The van der Waals surface area contributed by atoms with Crippen LogP contribution in [0, 0.1) is 10.8 Å². The van der Waals surface area contributed by atoms with E-state index in [9.17, 15) is 19.5 Å². The highest BCUT2D eigenvalue weighted by Crippen LogP contribution is 2.44. The molecule has 7 nitrogen and oxygen atoms in total. The molecule has 1 aliphatic carbocycles. The molecule has 3 rings (SSSR count). The summed E-state index contributed by atoms with van der Waals surface area (Å²) in [5.41, 5.74) is 2.90. The number of rotatable bonds is 8. The highest BCUT2D eigenvalue weighted by Gasteiger charge is 2.39. The summed E-state index contributed by atoms with van der Waals surface area (Å²) < 4.78 is 5.56. The Morgan fingerprint density at radius 2 is 1.50 bits per heavy atom. The normalized spacial score (nSPS) is 15.4. The SMILES string of the molecule is CCC(C)(CNC(=O)OCC1c2ccccc2-c2ccccc21)C(=O)N[C@H](C(=O)O)C(C)(C)C. The van der Waals surface area contributed by atoms with Crippen molar-refractivity contribution in [3.8, 4) is 11.1 Å². The Kier molecular flexibility index (Phi) is 7.34. The predicted molar refractivity (Wildman–Crippen MR) is 130 cm³/mol. The summed E-state index contributed by atoms with van der Waals surface area (Å²) in [6.07, 6.45) is -0.196. The van der Waals surface area contributed by atoms with E-state index in [-0.39, 0.29) is 19.1 Å². The van der Waals surface area contributed by atoms with E-state index < -0.39 is 34.8 Å². The lowest BCUT2D eigenvalue weighted by atomic mass is 9.83. The second-order valence-corrected chi connectivity index (χ2v) is 10.2. The van der Waals surface area contributed by atoms with Crippen molar-refractivity contribution in [2.45, 2.75) is 53.0 Å². The molecule has 0 radical (unpaired) electrons. The number of carboxylic acids is 1. The minimum atomic E-state index is -1.09.